The maximum atomic E-state index is 11.9. The van der Waals surface area contributed by atoms with Crippen LogP contribution < -0.4 is 29.6 Å². The number of benzene rings is 4. The lowest BCUT2D eigenvalue weighted by molar-refractivity contribution is -0.141. The van der Waals surface area contributed by atoms with Gasteiger partial charge in [0.15, 0.2) is 0 Å². The normalized spacial score (nSPS) is 12.7. The maximum absolute atomic E-state index is 11.9. The number of aliphatic imine (C=N–C) groups is 1. The number of pyridine rings is 2. The molecule has 0 aliphatic carbocycles. The highest BCUT2D eigenvalue weighted by atomic mass is 35.5. The first-order chi connectivity index (χ1) is 34.3. The van der Waals surface area contributed by atoms with Gasteiger partial charge in [-0.2, -0.15) is 0 Å². The fraction of sp³-hybridized carbons (Fsp3) is 0.283. The van der Waals surface area contributed by atoms with Crippen LogP contribution >= 0.6 is 23.2 Å². The summed E-state index contributed by atoms with van der Waals surface area (Å²) in [4.78, 5) is 36.6. The lowest BCUT2D eigenvalue weighted by Gasteiger charge is -2.20. The van der Waals surface area contributed by atoms with E-state index in [9.17, 15) is 19.8 Å². The van der Waals surface area contributed by atoms with Crippen molar-refractivity contribution in [3.05, 3.63) is 163 Å². The second-order valence-electron chi connectivity index (χ2n) is 16.7. The SMILES string of the molecule is COC[C@H](NCc1cc(Cl)c(OCc2cccc(-c3cccc(COc4cc(OCc5cncc(C6=NC6)c5)c(CN[C@@H](COC)C(=O)O)cc4Cl)c3C)c2C)cc1OCc1cncc(C=N)c1)C(=O)O. The van der Waals surface area contributed by atoms with Gasteiger partial charge in [-0.3, -0.25) is 35.2 Å². The average Bonchev–Trinajstić information content (AvgIpc) is 4.22. The van der Waals surface area contributed by atoms with Crippen molar-refractivity contribution in [1.82, 2.24) is 20.6 Å². The predicted molar refractivity (Wildman–Crippen MR) is 270 cm³/mol. The van der Waals surface area contributed by atoms with E-state index in [0.717, 1.165) is 55.8 Å². The Kier molecular flexibility index (Phi) is 18.1. The van der Waals surface area contributed by atoms with Gasteiger partial charge in [-0.1, -0.05) is 59.6 Å². The number of ether oxygens (including phenoxy) is 6. The van der Waals surface area contributed by atoms with Crippen LogP contribution in [-0.4, -0.2) is 90.1 Å². The van der Waals surface area contributed by atoms with E-state index in [1.807, 2.05) is 44.2 Å². The smallest absolute Gasteiger partial charge is 0.323 e. The van der Waals surface area contributed by atoms with E-state index in [4.69, 9.17) is 57.0 Å². The summed E-state index contributed by atoms with van der Waals surface area (Å²) in [5.74, 6) is -0.475. The first-order valence-corrected chi connectivity index (χ1v) is 23.3. The van der Waals surface area contributed by atoms with Crippen LogP contribution in [0, 0.1) is 19.3 Å². The van der Waals surface area contributed by atoms with Gasteiger partial charge in [0.2, 0.25) is 0 Å². The van der Waals surface area contributed by atoms with Crippen molar-refractivity contribution in [2.45, 2.75) is 65.4 Å². The number of hydrogen-bond acceptors (Lipinski definition) is 14. The Labute approximate surface area is 421 Å². The first-order valence-electron chi connectivity index (χ1n) is 22.5. The molecule has 0 saturated carbocycles. The van der Waals surface area contributed by atoms with Gasteiger partial charge < -0.3 is 44.0 Å². The van der Waals surface area contributed by atoms with E-state index in [2.05, 4.69) is 37.7 Å². The lowest BCUT2D eigenvalue weighted by atomic mass is 9.92. The number of aliphatic carboxylic acids is 2. The van der Waals surface area contributed by atoms with Crippen LogP contribution in [0.2, 0.25) is 10.0 Å². The van der Waals surface area contributed by atoms with Gasteiger partial charge in [-0.25, -0.2) is 0 Å². The molecule has 370 valence electrons. The quantitative estimate of drug-likeness (QED) is 0.0306. The molecular weight excluding hydrogens is 952 g/mol. The summed E-state index contributed by atoms with van der Waals surface area (Å²) in [5.41, 5.74) is 11.2. The van der Waals surface area contributed by atoms with Gasteiger partial charge in [0, 0.05) is 104 Å². The van der Waals surface area contributed by atoms with E-state index < -0.39 is 24.0 Å². The summed E-state index contributed by atoms with van der Waals surface area (Å²) in [7, 11) is 2.88. The van der Waals surface area contributed by atoms with Gasteiger partial charge in [0.25, 0.3) is 0 Å². The summed E-state index contributed by atoms with van der Waals surface area (Å²) >= 11 is 13.7. The lowest BCUT2D eigenvalue weighted by Crippen LogP contribution is -2.39. The summed E-state index contributed by atoms with van der Waals surface area (Å²) in [6.45, 7) is 5.62. The standard InChI is InChI=1S/C53H54Cl2N6O10/c1-31-36(27-70-50-15-48(68-25-34-11-33(17-56)18-57-19-34)39(13-43(50)54)22-59-46(29-66-3)52(62)63)7-5-9-41(31)42-10-6-8-37(32(42)2)28-71-51-16-49(69-26-35-12-38(21-58-20-35)45-24-61-45)40(14-44(51)55)23-60-47(30-67-4)53(64)65/h5-21,46-47,56,59-60H,22-30H2,1-4H3,(H,62,63)(H,64,65)/t46-,47-/m0/s1. The van der Waals surface area contributed by atoms with Gasteiger partial charge in [-0.15, -0.1) is 0 Å². The Balaban J connectivity index is 1.08. The molecule has 3 heterocycles. The topological polar surface area (TPSA) is 216 Å². The predicted octanol–water partition coefficient (Wildman–Crippen LogP) is 8.56. The fourth-order valence-corrected chi connectivity index (χ4v) is 8.14. The molecule has 2 atom stereocenters. The minimum absolute atomic E-state index is 0.0303. The van der Waals surface area contributed by atoms with E-state index in [-0.39, 0.29) is 52.7 Å². The Morgan fingerprint density at radius 1 is 0.648 bits per heavy atom. The third-order valence-electron chi connectivity index (χ3n) is 11.7. The maximum Gasteiger partial charge on any atom is 0.323 e. The molecular formula is C53H54Cl2N6O10. The number of rotatable bonds is 27. The van der Waals surface area contributed by atoms with Crippen molar-refractivity contribution in [2.75, 3.05) is 34.0 Å². The molecule has 2 aromatic heterocycles. The molecule has 0 spiro atoms. The Morgan fingerprint density at radius 3 is 1.56 bits per heavy atom. The molecule has 71 heavy (non-hydrogen) atoms. The fourth-order valence-electron chi connectivity index (χ4n) is 7.66. The molecule has 6 aromatic rings. The summed E-state index contributed by atoms with van der Waals surface area (Å²) < 4.78 is 35.6. The minimum Gasteiger partial charge on any atom is -0.488 e. The number of carboxylic acid groups (broad SMARTS) is 2. The Morgan fingerprint density at radius 2 is 1.11 bits per heavy atom. The second-order valence-corrected chi connectivity index (χ2v) is 17.5. The molecule has 1 aliphatic rings. The number of hydrogen-bond donors (Lipinski definition) is 5. The number of methoxy groups -OCH3 is 2. The van der Waals surface area contributed by atoms with Crippen molar-refractivity contribution < 1.29 is 48.2 Å². The van der Waals surface area contributed by atoms with Crippen LogP contribution in [0.5, 0.6) is 23.0 Å². The van der Waals surface area contributed by atoms with E-state index in [1.165, 1.54) is 20.4 Å². The molecule has 4 aromatic carbocycles. The second kappa shape index (κ2) is 24.8. The Bertz CT molecular complexity index is 2920. The van der Waals surface area contributed by atoms with Crippen LogP contribution in [0.1, 0.15) is 55.6 Å². The monoisotopic (exact) mass is 1000 g/mol. The molecule has 0 fully saturated rings. The third kappa shape index (κ3) is 13.9. The van der Waals surface area contributed by atoms with E-state index in [0.29, 0.717) is 56.3 Å². The highest BCUT2D eigenvalue weighted by Gasteiger charge is 2.22. The van der Waals surface area contributed by atoms with Crippen molar-refractivity contribution in [3.63, 3.8) is 0 Å². The van der Waals surface area contributed by atoms with Crippen LogP contribution in [-0.2, 0) is 58.6 Å². The zero-order valence-electron chi connectivity index (χ0n) is 39.6. The van der Waals surface area contributed by atoms with Crippen molar-refractivity contribution in [2.24, 2.45) is 4.99 Å². The molecule has 0 amide bonds. The minimum atomic E-state index is -1.06. The molecule has 7 rings (SSSR count). The molecule has 5 N–H and O–H groups in total. The largest absolute Gasteiger partial charge is 0.488 e. The zero-order chi connectivity index (χ0) is 50.4. The number of nitrogens with one attached hydrogen (secondary N) is 3. The number of aromatic nitrogens is 2. The average molecular weight is 1010 g/mol. The van der Waals surface area contributed by atoms with E-state index in [1.54, 1.807) is 55.1 Å². The number of nitrogens with zero attached hydrogens (tertiary/aromatic N) is 3. The molecule has 0 unspecified atom stereocenters. The van der Waals surface area contributed by atoms with Crippen LogP contribution in [0.25, 0.3) is 11.1 Å². The third-order valence-corrected chi connectivity index (χ3v) is 12.3. The Hall–Kier alpha value is -6.92. The van der Waals surface area contributed by atoms with Gasteiger partial charge in [0.1, 0.15) is 61.5 Å². The van der Waals surface area contributed by atoms with Crippen LogP contribution in [0.3, 0.4) is 0 Å². The highest BCUT2D eigenvalue weighted by molar-refractivity contribution is 6.32. The molecule has 1 aliphatic heterocycles. The number of halogens is 2. The van der Waals surface area contributed by atoms with Gasteiger partial charge in [0.05, 0.1) is 35.5 Å². The first kappa shape index (κ1) is 51.9. The molecule has 16 nitrogen and oxygen atoms in total. The van der Waals surface area contributed by atoms with Crippen molar-refractivity contribution in [3.8, 4) is 34.1 Å². The molecule has 18 heteroatoms. The summed E-state index contributed by atoms with van der Waals surface area (Å²) in [6.07, 6.45) is 7.93. The summed E-state index contributed by atoms with van der Waals surface area (Å²) in [6, 6.07) is 20.7. The van der Waals surface area contributed by atoms with Gasteiger partial charge >= 0.3 is 11.9 Å². The van der Waals surface area contributed by atoms with Crippen molar-refractivity contribution >= 4 is 47.1 Å². The number of carboxylic acids is 2. The molecule has 0 radical (unpaired) electrons. The highest BCUT2D eigenvalue weighted by Crippen LogP contribution is 2.37. The van der Waals surface area contributed by atoms with E-state index >= 15 is 0 Å². The van der Waals surface area contributed by atoms with Crippen LogP contribution in [0.15, 0.2) is 103 Å². The molecule has 0 saturated heterocycles. The molecule has 0 bridgehead atoms. The number of carbonyl (C=O) groups is 2. The van der Waals surface area contributed by atoms with Crippen molar-refractivity contribution in [1.29, 1.82) is 5.41 Å². The van der Waals surface area contributed by atoms with Gasteiger partial charge in [-0.05, 0) is 71.5 Å². The summed E-state index contributed by atoms with van der Waals surface area (Å²) in [5, 5.41) is 33.7. The zero-order valence-corrected chi connectivity index (χ0v) is 41.1. The van der Waals surface area contributed by atoms with Crippen LogP contribution in [0.4, 0.5) is 0 Å².